The van der Waals surface area contributed by atoms with Crippen molar-refractivity contribution in [3.05, 3.63) is 70.8 Å². The van der Waals surface area contributed by atoms with E-state index in [4.69, 9.17) is 4.74 Å². The Morgan fingerprint density at radius 1 is 1.00 bits per heavy atom. The molecule has 0 aliphatic carbocycles. The fraction of sp³-hybridized carbons (Fsp3) is 0.350. The summed E-state index contributed by atoms with van der Waals surface area (Å²) in [4.78, 5) is 4.38. The van der Waals surface area contributed by atoms with Crippen LogP contribution in [0.3, 0.4) is 0 Å². The second kappa shape index (κ2) is 9.97. The lowest BCUT2D eigenvalue weighted by Crippen LogP contribution is -2.36. The highest BCUT2D eigenvalue weighted by Gasteiger charge is 2.30. The molecule has 0 bridgehead atoms. The first-order valence-electron chi connectivity index (χ1n) is 8.67. The third kappa shape index (κ3) is 6.94. The maximum Gasteiger partial charge on any atom is 0.416 e. The van der Waals surface area contributed by atoms with Gasteiger partial charge in [-0.05, 0) is 35.7 Å². The van der Waals surface area contributed by atoms with Gasteiger partial charge in [0.15, 0.2) is 5.96 Å². The van der Waals surface area contributed by atoms with Gasteiger partial charge in [0.25, 0.3) is 0 Å². The zero-order valence-corrected chi connectivity index (χ0v) is 15.4. The maximum atomic E-state index is 12.8. The van der Waals surface area contributed by atoms with Crippen molar-refractivity contribution in [3.8, 4) is 0 Å². The summed E-state index contributed by atoms with van der Waals surface area (Å²) in [5, 5.41) is 6.29. The lowest BCUT2D eigenvalue weighted by molar-refractivity contribution is -0.137. The van der Waals surface area contributed by atoms with Crippen molar-refractivity contribution in [2.75, 3.05) is 13.7 Å². The second-order valence-electron chi connectivity index (χ2n) is 6.00. The Kier molecular flexibility index (Phi) is 7.67. The average molecular weight is 379 g/mol. The van der Waals surface area contributed by atoms with Gasteiger partial charge in [0.1, 0.15) is 0 Å². The molecule has 0 aliphatic heterocycles. The van der Waals surface area contributed by atoms with E-state index in [1.807, 2.05) is 31.2 Å². The van der Waals surface area contributed by atoms with Crippen molar-refractivity contribution < 1.29 is 17.9 Å². The number of nitrogens with zero attached hydrogens (tertiary/aromatic N) is 1. The van der Waals surface area contributed by atoms with E-state index in [2.05, 4.69) is 15.6 Å². The first kappa shape index (κ1) is 20.8. The fourth-order valence-electron chi connectivity index (χ4n) is 2.46. The molecule has 0 heterocycles. The number of guanidine groups is 1. The van der Waals surface area contributed by atoms with Crippen molar-refractivity contribution in [1.29, 1.82) is 0 Å². The van der Waals surface area contributed by atoms with Crippen LogP contribution in [0.25, 0.3) is 0 Å². The van der Waals surface area contributed by atoms with Crippen LogP contribution in [0, 0.1) is 0 Å². The molecule has 0 aliphatic rings. The van der Waals surface area contributed by atoms with Crippen LogP contribution in [0.1, 0.15) is 29.2 Å². The zero-order chi connectivity index (χ0) is 19.7. The number of alkyl halides is 3. The van der Waals surface area contributed by atoms with Crippen LogP contribution in [-0.2, 0) is 30.6 Å². The molecule has 27 heavy (non-hydrogen) atoms. The molecule has 2 aromatic rings. The summed E-state index contributed by atoms with van der Waals surface area (Å²) in [7, 11) is 1.65. The van der Waals surface area contributed by atoms with Crippen LogP contribution in [-0.4, -0.2) is 19.6 Å². The van der Waals surface area contributed by atoms with Crippen LogP contribution < -0.4 is 10.6 Å². The summed E-state index contributed by atoms with van der Waals surface area (Å²) in [5.74, 6) is 0.552. The van der Waals surface area contributed by atoms with E-state index in [9.17, 15) is 13.2 Å². The monoisotopic (exact) mass is 379 g/mol. The van der Waals surface area contributed by atoms with Crippen molar-refractivity contribution >= 4 is 5.96 Å². The third-order valence-corrected chi connectivity index (χ3v) is 3.81. The van der Waals surface area contributed by atoms with Crippen LogP contribution in [0.4, 0.5) is 13.2 Å². The number of nitrogens with one attached hydrogen (secondary N) is 2. The molecule has 2 aromatic carbocycles. The standard InChI is InChI=1S/C20H24F3N3O/c1-3-24-19(25-12-15-7-9-16(10-8-15)14-27-2)26-13-17-5-4-6-18(11-17)20(21,22)23/h4-11H,3,12-14H2,1-2H3,(H2,24,25,26). The molecule has 7 heteroatoms. The number of halogens is 3. The fourth-order valence-corrected chi connectivity index (χ4v) is 2.46. The summed E-state index contributed by atoms with van der Waals surface area (Å²) in [6, 6.07) is 13.2. The second-order valence-corrected chi connectivity index (χ2v) is 6.00. The van der Waals surface area contributed by atoms with E-state index in [-0.39, 0.29) is 6.54 Å². The number of hydrogen-bond donors (Lipinski definition) is 2. The summed E-state index contributed by atoms with van der Waals surface area (Å²) < 4.78 is 43.5. The molecule has 2 N–H and O–H groups in total. The number of ether oxygens (including phenoxy) is 1. The van der Waals surface area contributed by atoms with Crippen LogP contribution in [0.5, 0.6) is 0 Å². The van der Waals surface area contributed by atoms with Gasteiger partial charge < -0.3 is 15.4 Å². The smallest absolute Gasteiger partial charge is 0.380 e. The number of hydrogen-bond acceptors (Lipinski definition) is 2. The number of methoxy groups -OCH3 is 1. The normalized spacial score (nSPS) is 12.1. The van der Waals surface area contributed by atoms with Crippen LogP contribution in [0.15, 0.2) is 53.5 Å². The van der Waals surface area contributed by atoms with E-state index >= 15 is 0 Å². The molecule has 0 radical (unpaired) electrons. The Labute approximate surface area is 157 Å². The van der Waals surface area contributed by atoms with Gasteiger partial charge in [0.2, 0.25) is 0 Å². The molecule has 0 fully saturated rings. The Balaban J connectivity index is 1.99. The van der Waals surface area contributed by atoms with Gasteiger partial charge in [-0.1, -0.05) is 36.4 Å². The Morgan fingerprint density at radius 3 is 2.33 bits per heavy atom. The van der Waals surface area contributed by atoms with E-state index < -0.39 is 11.7 Å². The largest absolute Gasteiger partial charge is 0.416 e. The summed E-state index contributed by atoms with van der Waals surface area (Å²) in [5.41, 5.74) is 2.00. The summed E-state index contributed by atoms with van der Waals surface area (Å²) >= 11 is 0. The third-order valence-electron chi connectivity index (χ3n) is 3.81. The minimum atomic E-state index is -4.35. The predicted octanol–water partition coefficient (Wildman–Crippen LogP) is 4.11. The van der Waals surface area contributed by atoms with Crippen LogP contribution in [0.2, 0.25) is 0 Å². The summed E-state index contributed by atoms with van der Waals surface area (Å²) in [6.07, 6.45) is -4.35. The highest BCUT2D eigenvalue weighted by atomic mass is 19.4. The number of aliphatic imine (C=N–C) groups is 1. The molecular weight excluding hydrogens is 355 g/mol. The van der Waals surface area contributed by atoms with Crippen LogP contribution >= 0.6 is 0 Å². The topological polar surface area (TPSA) is 45.7 Å². The van der Waals surface area contributed by atoms with Crippen molar-refractivity contribution in [3.63, 3.8) is 0 Å². The predicted molar refractivity (Wildman–Crippen MR) is 100 cm³/mol. The van der Waals surface area contributed by atoms with Gasteiger partial charge >= 0.3 is 6.18 Å². The molecule has 0 spiro atoms. The van der Waals surface area contributed by atoms with E-state index in [0.29, 0.717) is 31.2 Å². The number of rotatable bonds is 7. The molecule has 0 amide bonds. The molecule has 146 valence electrons. The Hall–Kier alpha value is -2.54. The maximum absolute atomic E-state index is 12.8. The van der Waals surface area contributed by atoms with Gasteiger partial charge in [-0.25, -0.2) is 4.99 Å². The highest BCUT2D eigenvalue weighted by Crippen LogP contribution is 2.29. The minimum absolute atomic E-state index is 0.159. The number of benzene rings is 2. The Bertz CT molecular complexity index is 743. The van der Waals surface area contributed by atoms with Gasteiger partial charge in [-0.2, -0.15) is 13.2 Å². The van der Waals surface area contributed by atoms with Crippen molar-refractivity contribution in [1.82, 2.24) is 10.6 Å². The lowest BCUT2D eigenvalue weighted by atomic mass is 10.1. The van der Waals surface area contributed by atoms with E-state index in [1.165, 1.54) is 6.07 Å². The summed E-state index contributed by atoms with van der Waals surface area (Å²) in [6.45, 7) is 3.87. The molecule has 0 atom stereocenters. The van der Waals surface area contributed by atoms with Crippen molar-refractivity contribution in [2.45, 2.75) is 32.8 Å². The van der Waals surface area contributed by atoms with Crippen molar-refractivity contribution in [2.24, 2.45) is 4.99 Å². The van der Waals surface area contributed by atoms with E-state index in [1.54, 1.807) is 13.2 Å². The molecule has 0 unspecified atom stereocenters. The Morgan fingerprint density at radius 2 is 1.70 bits per heavy atom. The lowest BCUT2D eigenvalue weighted by Gasteiger charge is -2.12. The van der Waals surface area contributed by atoms with Gasteiger partial charge in [0.05, 0.1) is 18.7 Å². The van der Waals surface area contributed by atoms with Gasteiger partial charge in [0, 0.05) is 20.2 Å². The highest BCUT2D eigenvalue weighted by molar-refractivity contribution is 5.79. The zero-order valence-electron chi connectivity index (χ0n) is 15.4. The molecular formula is C20H24F3N3O. The minimum Gasteiger partial charge on any atom is -0.380 e. The first-order valence-corrected chi connectivity index (χ1v) is 8.67. The molecule has 0 saturated carbocycles. The van der Waals surface area contributed by atoms with Gasteiger partial charge in [-0.3, -0.25) is 0 Å². The van der Waals surface area contributed by atoms with E-state index in [0.717, 1.165) is 23.3 Å². The SMILES string of the molecule is CCNC(=NCc1cccc(C(F)(F)F)c1)NCc1ccc(COC)cc1. The molecule has 2 rings (SSSR count). The quantitative estimate of drug-likeness (QED) is 0.562. The molecule has 0 aromatic heterocycles. The molecule has 4 nitrogen and oxygen atoms in total. The van der Waals surface area contributed by atoms with Gasteiger partial charge in [-0.15, -0.1) is 0 Å². The molecule has 0 saturated heterocycles. The average Bonchev–Trinajstić information content (AvgIpc) is 2.65. The first-order chi connectivity index (χ1) is 12.9.